The molecule has 0 spiro atoms. The van der Waals surface area contributed by atoms with Crippen molar-refractivity contribution in [3.05, 3.63) is 52.3 Å². The van der Waals surface area contributed by atoms with Gasteiger partial charge in [0.25, 0.3) is 10.0 Å². The van der Waals surface area contributed by atoms with Gasteiger partial charge in [-0.25, -0.2) is 12.8 Å². The molecule has 0 saturated carbocycles. The third-order valence-electron chi connectivity index (χ3n) is 3.06. The molecule has 0 amide bonds. The minimum atomic E-state index is -3.86. The van der Waals surface area contributed by atoms with Gasteiger partial charge in [-0.2, -0.15) is 0 Å². The largest absolute Gasteiger partial charge is 0.398 e. The van der Waals surface area contributed by atoms with Crippen molar-refractivity contribution >= 4 is 33.0 Å². The number of sulfonamides is 1. The predicted octanol–water partition coefficient (Wildman–Crippen LogP) is 3.48. The standard InChI is InChI=1S/C14H14ClFN2O2S/c1-8-5-11(3-4-12(8)16)18-21(19,20)14-7-10(15)6-13(17)9(14)2/h3-7,18H,17H2,1-2H3. The van der Waals surface area contributed by atoms with Crippen LogP contribution < -0.4 is 10.5 Å². The van der Waals surface area contributed by atoms with E-state index in [1.807, 2.05) is 0 Å². The number of rotatable bonds is 3. The molecule has 2 rings (SSSR count). The highest BCUT2D eigenvalue weighted by Crippen LogP contribution is 2.27. The van der Waals surface area contributed by atoms with Gasteiger partial charge >= 0.3 is 0 Å². The summed E-state index contributed by atoms with van der Waals surface area (Å²) in [4.78, 5) is -0.00511. The molecular formula is C14H14ClFN2O2S. The highest BCUT2D eigenvalue weighted by atomic mass is 35.5. The molecule has 4 nitrogen and oxygen atoms in total. The van der Waals surface area contributed by atoms with E-state index in [2.05, 4.69) is 4.72 Å². The third-order valence-corrected chi connectivity index (χ3v) is 4.79. The van der Waals surface area contributed by atoms with E-state index < -0.39 is 15.8 Å². The molecule has 21 heavy (non-hydrogen) atoms. The lowest BCUT2D eigenvalue weighted by Gasteiger charge is -2.13. The molecule has 7 heteroatoms. The maximum atomic E-state index is 13.2. The minimum Gasteiger partial charge on any atom is -0.398 e. The summed E-state index contributed by atoms with van der Waals surface area (Å²) in [6.07, 6.45) is 0. The van der Waals surface area contributed by atoms with Gasteiger partial charge in [0.2, 0.25) is 0 Å². The van der Waals surface area contributed by atoms with Crippen molar-refractivity contribution in [2.45, 2.75) is 18.7 Å². The Morgan fingerprint density at radius 2 is 1.86 bits per heavy atom. The van der Waals surface area contributed by atoms with Crippen LogP contribution in [0.2, 0.25) is 5.02 Å². The second kappa shape index (κ2) is 5.54. The van der Waals surface area contributed by atoms with Crippen LogP contribution in [0.5, 0.6) is 0 Å². The van der Waals surface area contributed by atoms with Crippen molar-refractivity contribution in [3.63, 3.8) is 0 Å². The molecule has 112 valence electrons. The first-order chi connectivity index (χ1) is 9.70. The Hall–Kier alpha value is -1.79. The topological polar surface area (TPSA) is 72.2 Å². The molecular weight excluding hydrogens is 315 g/mol. The lowest BCUT2D eigenvalue weighted by Crippen LogP contribution is -2.15. The molecule has 0 bridgehead atoms. The zero-order valence-electron chi connectivity index (χ0n) is 11.4. The molecule has 0 saturated heterocycles. The van der Waals surface area contributed by atoms with E-state index in [-0.39, 0.29) is 21.3 Å². The van der Waals surface area contributed by atoms with Gasteiger partial charge in [0.1, 0.15) is 5.82 Å². The fourth-order valence-corrected chi connectivity index (χ4v) is 3.51. The Balaban J connectivity index is 2.45. The van der Waals surface area contributed by atoms with Crippen molar-refractivity contribution in [2.75, 3.05) is 10.5 Å². The second-order valence-corrected chi connectivity index (χ2v) is 6.77. The van der Waals surface area contributed by atoms with Gasteiger partial charge in [0.15, 0.2) is 0 Å². The Kier molecular flexibility index (Phi) is 4.11. The highest BCUT2D eigenvalue weighted by molar-refractivity contribution is 7.92. The van der Waals surface area contributed by atoms with Crippen molar-refractivity contribution < 1.29 is 12.8 Å². The summed E-state index contributed by atoms with van der Waals surface area (Å²) in [5, 5.41) is 0.230. The first kappa shape index (κ1) is 15.6. The van der Waals surface area contributed by atoms with Crippen molar-refractivity contribution in [2.24, 2.45) is 0 Å². The summed E-state index contributed by atoms with van der Waals surface area (Å²) in [5.41, 5.74) is 7.04. The molecule has 0 radical (unpaired) electrons. The average molecular weight is 329 g/mol. The maximum Gasteiger partial charge on any atom is 0.262 e. The summed E-state index contributed by atoms with van der Waals surface area (Å²) in [5.74, 6) is -0.402. The lowest BCUT2D eigenvalue weighted by atomic mass is 10.2. The van der Waals surface area contributed by atoms with Crippen LogP contribution in [0.3, 0.4) is 0 Å². The summed E-state index contributed by atoms with van der Waals surface area (Å²) >= 11 is 5.86. The Morgan fingerprint density at radius 1 is 1.19 bits per heavy atom. The molecule has 0 aliphatic carbocycles. The maximum absolute atomic E-state index is 13.2. The molecule has 3 N–H and O–H groups in total. The number of nitrogen functional groups attached to an aromatic ring is 1. The number of aryl methyl sites for hydroxylation is 1. The van der Waals surface area contributed by atoms with Crippen LogP contribution in [0.1, 0.15) is 11.1 Å². The molecule has 0 aliphatic rings. The third kappa shape index (κ3) is 3.28. The van der Waals surface area contributed by atoms with E-state index in [0.29, 0.717) is 11.1 Å². The number of benzene rings is 2. The van der Waals surface area contributed by atoms with Gasteiger partial charge in [0, 0.05) is 16.4 Å². The fraction of sp³-hybridized carbons (Fsp3) is 0.143. The number of hydrogen-bond acceptors (Lipinski definition) is 3. The van der Waals surface area contributed by atoms with E-state index in [4.69, 9.17) is 17.3 Å². The first-order valence-corrected chi connectivity index (χ1v) is 7.91. The SMILES string of the molecule is Cc1cc(NS(=O)(=O)c2cc(Cl)cc(N)c2C)ccc1F. The van der Waals surface area contributed by atoms with E-state index in [9.17, 15) is 12.8 Å². The summed E-state index contributed by atoms with van der Waals surface area (Å²) in [6.45, 7) is 3.14. The Morgan fingerprint density at radius 3 is 2.48 bits per heavy atom. The van der Waals surface area contributed by atoms with Gasteiger partial charge in [0.05, 0.1) is 4.90 Å². The number of nitrogens with one attached hydrogen (secondary N) is 1. The fourth-order valence-electron chi connectivity index (χ4n) is 1.87. The number of hydrogen-bond donors (Lipinski definition) is 2. The van der Waals surface area contributed by atoms with Crippen LogP contribution in [0.25, 0.3) is 0 Å². The molecule has 2 aromatic rings. The van der Waals surface area contributed by atoms with Gasteiger partial charge in [-0.05, 0) is 55.3 Å². The Labute approximate surface area is 127 Å². The molecule has 0 unspecified atom stereocenters. The highest BCUT2D eigenvalue weighted by Gasteiger charge is 2.19. The lowest BCUT2D eigenvalue weighted by molar-refractivity contribution is 0.600. The summed E-state index contributed by atoms with van der Waals surface area (Å²) in [6, 6.07) is 6.77. The zero-order valence-corrected chi connectivity index (χ0v) is 13.0. The smallest absolute Gasteiger partial charge is 0.262 e. The zero-order chi connectivity index (χ0) is 15.8. The summed E-state index contributed by atoms with van der Waals surface area (Å²) in [7, 11) is -3.86. The van der Waals surface area contributed by atoms with E-state index in [0.717, 1.165) is 0 Å². The predicted molar refractivity (Wildman–Crippen MR) is 82.5 cm³/mol. The molecule has 0 atom stereocenters. The van der Waals surface area contributed by atoms with Gasteiger partial charge in [-0.1, -0.05) is 11.6 Å². The van der Waals surface area contributed by atoms with E-state index >= 15 is 0 Å². The molecule has 0 aromatic heterocycles. The van der Waals surface area contributed by atoms with Crippen molar-refractivity contribution in [1.82, 2.24) is 0 Å². The van der Waals surface area contributed by atoms with Gasteiger partial charge < -0.3 is 5.73 Å². The van der Waals surface area contributed by atoms with Gasteiger partial charge in [-0.15, -0.1) is 0 Å². The quantitative estimate of drug-likeness (QED) is 0.847. The van der Waals surface area contributed by atoms with Crippen LogP contribution >= 0.6 is 11.6 Å². The van der Waals surface area contributed by atoms with E-state index in [1.54, 1.807) is 13.8 Å². The van der Waals surface area contributed by atoms with Crippen LogP contribution in [0.15, 0.2) is 35.2 Å². The second-order valence-electron chi connectivity index (χ2n) is 4.69. The minimum absolute atomic E-state index is 0.00511. The first-order valence-electron chi connectivity index (χ1n) is 6.05. The van der Waals surface area contributed by atoms with Crippen LogP contribution in [0.4, 0.5) is 15.8 Å². The van der Waals surface area contributed by atoms with Crippen molar-refractivity contribution in [3.8, 4) is 0 Å². The normalized spacial score (nSPS) is 11.4. The van der Waals surface area contributed by atoms with Crippen LogP contribution in [-0.2, 0) is 10.0 Å². The Bertz CT molecular complexity index is 807. The number of halogens is 2. The number of nitrogens with two attached hydrogens (primary N) is 1. The molecule has 0 aliphatic heterocycles. The summed E-state index contributed by atoms with van der Waals surface area (Å²) < 4.78 is 40.4. The van der Waals surface area contributed by atoms with Crippen LogP contribution in [-0.4, -0.2) is 8.42 Å². The molecule has 0 heterocycles. The van der Waals surface area contributed by atoms with Crippen molar-refractivity contribution in [1.29, 1.82) is 0 Å². The molecule has 2 aromatic carbocycles. The van der Waals surface area contributed by atoms with Crippen LogP contribution in [0, 0.1) is 19.7 Å². The van der Waals surface area contributed by atoms with E-state index in [1.165, 1.54) is 30.3 Å². The average Bonchev–Trinajstić information content (AvgIpc) is 2.37. The number of anilines is 2. The van der Waals surface area contributed by atoms with Gasteiger partial charge in [-0.3, -0.25) is 4.72 Å². The molecule has 0 fully saturated rings. The monoisotopic (exact) mass is 328 g/mol.